The molecule has 1 aromatic carbocycles. The fourth-order valence-electron chi connectivity index (χ4n) is 5.04. The zero-order valence-corrected chi connectivity index (χ0v) is 28.9. The Labute approximate surface area is 270 Å². The molecule has 0 saturated carbocycles. The van der Waals surface area contributed by atoms with Crippen LogP contribution in [0.5, 0.6) is 0 Å². The number of amides is 2. The number of nitrogens with zero attached hydrogens (tertiary/aromatic N) is 4. The van der Waals surface area contributed by atoms with Crippen molar-refractivity contribution < 1.29 is 23.5 Å². The largest absolute Gasteiger partial charge is 0.444 e. The number of hydrogen-bond donors (Lipinski definition) is 2. The maximum Gasteiger partial charge on any atom is 0.407 e. The van der Waals surface area contributed by atoms with Gasteiger partial charge in [0.25, 0.3) is 5.91 Å². The molecule has 3 aromatic rings. The lowest BCUT2D eigenvalue weighted by atomic mass is 10.0. The molecule has 2 amide bonds. The van der Waals surface area contributed by atoms with Crippen molar-refractivity contribution in [3.05, 3.63) is 59.0 Å². The van der Waals surface area contributed by atoms with Gasteiger partial charge in [0, 0.05) is 51.3 Å². The number of ether oxygens (including phenoxy) is 2. The fraction of sp³-hybridized carbons (Fsp3) is 0.500. The molecule has 1 unspecified atom stereocenters. The minimum Gasteiger partial charge on any atom is -0.444 e. The molecule has 1 saturated heterocycles. The predicted molar refractivity (Wildman–Crippen MR) is 178 cm³/mol. The summed E-state index contributed by atoms with van der Waals surface area (Å²) in [6.07, 6.45) is 2.68. The van der Waals surface area contributed by atoms with Crippen LogP contribution >= 0.6 is 11.6 Å². The maximum absolute atomic E-state index is 15.4. The predicted octanol–water partition coefficient (Wildman–Crippen LogP) is 7.10. The van der Waals surface area contributed by atoms with Crippen molar-refractivity contribution in [3.63, 3.8) is 0 Å². The van der Waals surface area contributed by atoms with E-state index in [9.17, 15) is 9.59 Å². The van der Waals surface area contributed by atoms with Crippen LogP contribution in [-0.2, 0) is 16.2 Å². The summed E-state index contributed by atoms with van der Waals surface area (Å²) in [6.45, 7) is 15.7. The van der Waals surface area contributed by atoms with Gasteiger partial charge in [-0.25, -0.2) is 19.2 Å². The number of alkyl carbamates (subject to hydrolysis) is 1. The second-order valence-electron chi connectivity index (χ2n) is 13.6. The number of halogens is 2. The molecule has 1 aliphatic heterocycles. The van der Waals surface area contributed by atoms with Gasteiger partial charge in [-0.15, -0.1) is 0 Å². The zero-order valence-electron chi connectivity index (χ0n) is 27.2. The summed E-state index contributed by atoms with van der Waals surface area (Å²) in [5.74, 6) is -0.882. The molecule has 0 aliphatic carbocycles. The Hall–Kier alpha value is -3.48. The van der Waals surface area contributed by atoms with Gasteiger partial charge in [0.05, 0.1) is 17.1 Å². The first-order chi connectivity index (χ1) is 21.1. The van der Waals surface area contributed by atoms with Gasteiger partial charge in [0.2, 0.25) is 5.82 Å². The van der Waals surface area contributed by atoms with E-state index in [-0.39, 0.29) is 24.3 Å². The topological polar surface area (TPSA) is 111 Å². The summed E-state index contributed by atoms with van der Waals surface area (Å²) in [7, 11) is -1.32. The second kappa shape index (κ2) is 14.3. The quantitative estimate of drug-likeness (QED) is 0.136. The molecule has 0 radical (unpaired) electrons. The van der Waals surface area contributed by atoms with E-state index in [0.29, 0.717) is 41.8 Å². The van der Waals surface area contributed by atoms with Crippen molar-refractivity contribution >= 4 is 43.1 Å². The van der Waals surface area contributed by atoms with E-state index >= 15 is 4.39 Å². The molecule has 2 N–H and O–H groups in total. The van der Waals surface area contributed by atoms with E-state index in [4.69, 9.17) is 21.1 Å². The molecule has 10 nitrogen and oxygen atoms in total. The summed E-state index contributed by atoms with van der Waals surface area (Å²) >= 11 is 6.22. The Morgan fingerprint density at radius 1 is 1.18 bits per heavy atom. The van der Waals surface area contributed by atoms with Gasteiger partial charge < -0.3 is 29.6 Å². The number of para-hydroxylation sites is 1. The number of imidazole rings is 1. The van der Waals surface area contributed by atoms with Gasteiger partial charge in [-0.2, -0.15) is 0 Å². The molecular weight excluding hydrogens is 615 g/mol. The van der Waals surface area contributed by atoms with Gasteiger partial charge in [-0.05, 0) is 70.8 Å². The van der Waals surface area contributed by atoms with Crippen LogP contribution in [0, 0.1) is 12.7 Å². The van der Waals surface area contributed by atoms with Gasteiger partial charge in [-0.3, -0.25) is 4.79 Å². The summed E-state index contributed by atoms with van der Waals surface area (Å²) in [5.41, 5.74) is 1.89. The first-order valence-electron chi connectivity index (χ1n) is 15.2. The van der Waals surface area contributed by atoms with E-state index in [1.165, 1.54) is 6.07 Å². The normalized spacial score (nSPS) is 15.6. The Kier molecular flexibility index (Phi) is 10.9. The van der Waals surface area contributed by atoms with E-state index < -0.39 is 31.5 Å². The lowest BCUT2D eigenvalue weighted by Crippen LogP contribution is -2.49. The van der Waals surface area contributed by atoms with Gasteiger partial charge in [-0.1, -0.05) is 37.3 Å². The van der Waals surface area contributed by atoms with Gasteiger partial charge >= 0.3 is 6.09 Å². The molecule has 4 rings (SSSR count). The van der Waals surface area contributed by atoms with Gasteiger partial charge in [0.1, 0.15) is 23.3 Å². The van der Waals surface area contributed by atoms with Crippen molar-refractivity contribution in [2.75, 3.05) is 29.9 Å². The molecule has 0 bridgehead atoms. The summed E-state index contributed by atoms with van der Waals surface area (Å²) in [5, 5.41) is 6.11. The van der Waals surface area contributed by atoms with Crippen LogP contribution < -0.4 is 15.5 Å². The lowest BCUT2D eigenvalue weighted by molar-refractivity contribution is 0.0500. The number of benzene rings is 1. The van der Waals surface area contributed by atoms with Crippen LogP contribution in [0.4, 0.5) is 20.6 Å². The number of carbonyl (C=O) groups is 2. The third-order valence-corrected chi connectivity index (χ3v) is 9.02. The first kappa shape index (κ1) is 34.4. The van der Waals surface area contributed by atoms with E-state index in [1.54, 1.807) is 49.7 Å². The number of rotatable bonds is 10. The van der Waals surface area contributed by atoms with Crippen molar-refractivity contribution in [1.82, 2.24) is 19.9 Å². The molecule has 0 spiro atoms. The Morgan fingerprint density at radius 2 is 1.93 bits per heavy atom. The highest BCUT2D eigenvalue weighted by Crippen LogP contribution is 2.32. The third-order valence-electron chi connectivity index (χ3n) is 7.12. The van der Waals surface area contributed by atoms with E-state index in [1.807, 2.05) is 17.9 Å². The molecule has 1 atom stereocenters. The average Bonchev–Trinajstić information content (AvgIpc) is 3.34. The number of carbonyl (C=O) groups excluding carboxylic acids is 2. The number of aryl methyl sites for hydroxylation is 1. The third kappa shape index (κ3) is 10.0. The Morgan fingerprint density at radius 3 is 2.62 bits per heavy atom. The van der Waals surface area contributed by atoms with Crippen LogP contribution in [0.15, 0.2) is 36.5 Å². The molecular formula is C32H44ClFN6O4Si. The maximum atomic E-state index is 15.4. The highest BCUT2D eigenvalue weighted by molar-refractivity contribution is 6.76. The molecule has 2 aromatic heterocycles. The molecule has 3 heterocycles. The van der Waals surface area contributed by atoms with Crippen molar-refractivity contribution in [3.8, 4) is 11.3 Å². The standard InChI is InChI=1S/C32H44ClFN6O4Si/c1-21-16-22(17-27(33)35-21)26-19-40(20-43-14-15-45(5,6)7)29(37-26)30(41)38-25-12-8-11-24(34)28(25)39-13-9-10-23(18-39)36-31(42)44-32(2,3)4/h8,11-12,16-17,19,23H,9-10,13-15,18,20H2,1-7H3,(H,36,42)(H,38,41). The van der Waals surface area contributed by atoms with Crippen molar-refractivity contribution in [2.45, 2.75) is 84.6 Å². The van der Waals surface area contributed by atoms with Crippen LogP contribution in [-0.4, -0.2) is 65.9 Å². The molecule has 244 valence electrons. The Balaban J connectivity index is 1.58. The van der Waals surface area contributed by atoms with E-state index in [2.05, 4.69) is 40.2 Å². The van der Waals surface area contributed by atoms with Crippen LogP contribution in [0.1, 0.15) is 49.9 Å². The first-order valence-corrected chi connectivity index (χ1v) is 19.3. The lowest BCUT2D eigenvalue weighted by Gasteiger charge is -2.36. The van der Waals surface area contributed by atoms with Crippen LogP contribution in [0.3, 0.4) is 0 Å². The number of nitrogens with one attached hydrogen (secondary N) is 2. The zero-order chi connectivity index (χ0) is 32.9. The molecule has 1 aliphatic rings. The van der Waals surface area contributed by atoms with Crippen molar-refractivity contribution in [1.29, 1.82) is 0 Å². The fourth-order valence-corrected chi connectivity index (χ4v) is 6.05. The smallest absolute Gasteiger partial charge is 0.407 e. The number of hydrogen-bond acceptors (Lipinski definition) is 7. The average molecular weight is 659 g/mol. The highest BCUT2D eigenvalue weighted by atomic mass is 35.5. The number of anilines is 2. The number of aromatic nitrogens is 3. The summed E-state index contributed by atoms with van der Waals surface area (Å²) in [6, 6.07) is 8.83. The van der Waals surface area contributed by atoms with Crippen LogP contribution in [0.25, 0.3) is 11.3 Å². The highest BCUT2D eigenvalue weighted by Gasteiger charge is 2.28. The van der Waals surface area contributed by atoms with Crippen LogP contribution in [0.2, 0.25) is 30.8 Å². The summed E-state index contributed by atoms with van der Waals surface area (Å²) in [4.78, 5) is 36.9. The number of piperidine rings is 1. The van der Waals surface area contributed by atoms with Gasteiger partial charge in [0.15, 0.2) is 0 Å². The van der Waals surface area contributed by atoms with Crippen molar-refractivity contribution in [2.24, 2.45) is 0 Å². The minimum absolute atomic E-state index is 0.113. The summed E-state index contributed by atoms with van der Waals surface area (Å²) < 4.78 is 28.5. The number of pyridine rings is 1. The Bertz CT molecular complexity index is 1500. The molecule has 13 heteroatoms. The molecule has 45 heavy (non-hydrogen) atoms. The molecule has 1 fully saturated rings. The SMILES string of the molecule is Cc1cc(-c2cn(COCC[Si](C)(C)C)c(C(=O)Nc3cccc(F)c3N3CCCC(NC(=O)OC(C)(C)C)C3)n2)cc(Cl)n1. The minimum atomic E-state index is -1.32. The second-order valence-corrected chi connectivity index (χ2v) is 19.6. The van der Waals surface area contributed by atoms with E-state index in [0.717, 1.165) is 24.6 Å². The monoisotopic (exact) mass is 658 g/mol.